The number of amides is 2. The molecule has 0 radical (unpaired) electrons. The van der Waals surface area contributed by atoms with Crippen LogP contribution in [0.3, 0.4) is 0 Å². The number of hydrogen-bond acceptors (Lipinski definition) is 13. The van der Waals surface area contributed by atoms with E-state index in [1.807, 2.05) is 0 Å². The van der Waals surface area contributed by atoms with Crippen LogP contribution in [-0.2, 0) is 44.3 Å². The molecule has 61 heavy (non-hydrogen) atoms. The molecule has 0 spiro atoms. The van der Waals surface area contributed by atoms with Gasteiger partial charge in [-0.05, 0) is 151 Å². The summed E-state index contributed by atoms with van der Waals surface area (Å²) in [5.41, 5.74) is -3.32. The lowest BCUT2D eigenvalue weighted by Crippen LogP contribution is -2.60. The third-order valence-electron chi connectivity index (χ3n) is 11.1. The Labute approximate surface area is 363 Å². The molecule has 2 heterocycles. The minimum atomic E-state index is -1.12. The van der Waals surface area contributed by atoms with Crippen LogP contribution < -0.4 is 14.8 Å². The van der Waals surface area contributed by atoms with Crippen LogP contribution in [0.1, 0.15) is 146 Å². The number of benzene rings is 1. The van der Waals surface area contributed by atoms with Gasteiger partial charge in [0.25, 0.3) is 0 Å². The highest BCUT2D eigenvalue weighted by Crippen LogP contribution is 2.59. The zero-order valence-electron chi connectivity index (χ0n) is 38.1. The Hall–Kier alpha value is -4.05. The topological polar surface area (TPSA) is 174 Å². The maximum absolute atomic E-state index is 14.0. The molecule has 3 saturated carbocycles. The Morgan fingerprint density at radius 1 is 0.869 bits per heavy atom. The van der Waals surface area contributed by atoms with E-state index in [2.05, 4.69) is 19.2 Å². The maximum atomic E-state index is 14.0. The van der Waals surface area contributed by atoms with Crippen LogP contribution in [0.2, 0.25) is 6.32 Å². The first-order valence-electron chi connectivity index (χ1n) is 21.3. The number of hydrogen-bond donors (Lipinski definition) is 1. The summed E-state index contributed by atoms with van der Waals surface area (Å²) in [7, 11) is -0.479. The molecule has 1 unspecified atom stereocenters. The van der Waals surface area contributed by atoms with Gasteiger partial charge in [-0.15, -0.1) is 0 Å². The minimum Gasteiger partial charge on any atom is -0.486 e. The molecule has 1 aromatic rings. The van der Waals surface area contributed by atoms with Crippen LogP contribution in [0.25, 0.3) is 0 Å². The van der Waals surface area contributed by atoms with Gasteiger partial charge in [0.2, 0.25) is 5.91 Å². The van der Waals surface area contributed by atoms with Gasteiger partial charge in [0.05, 0.1) is 24.8 Å². The van der Waals surface area contributed by atoms with Crippen LogP contribution in [0.4, 0.5) is 9.59 Å². The van der Waals surface area contributed by atoms with E-state index in [1.54, 1.807) is 100 Å². The molecule has 15 nitrogen and oxygen atoms in total. The monoisotopic (exact) mass is 859 g/mol. The van der Waals surface area contributed by atoms with Crippen molar-refractivity contribution in [3.05, 3.63) is 23.3 Å². The van der Waals surface area contributed by atoms with Crippen LogP contribution >= 0.6 is 0 Å². The fourth-order valence-electron chi connectivity index (χ4n) is 8.24. The number of aryl methyl sites for hydroxylation is 1. The first-order valence-corrected chi connectivity index (χ1v) is 21.3. The quantitative estimate of drug-likeness (QED) is 0.0926. The molecule has 1 aromatic carbocycles. The normalized spacial score (nSPS) is 24.2. The smallest absolute Gasteiger partial charge is 0.486 e. The lowest BCUT2D eigenvalue weighted by Gasteiger charge is -2.58. The molecular weight excluding hydrogens is 787 g/mol. The number of likely N-dealkylation sites (tertiary alicyclic amines) is 1. The van der Waals surface area contributed by atoms with Gasteiger partial charge in [0.15, 0.2) is 5.75 Å². The zero-order chi connectivity index (χ0) is 44.7. The maximum Gasteiger partial charge on any atom is 0.514 e. The largest absolute Gasteiger partial charge is 0.514 e. The van der Waals surface area contributed by atoms with Crippen LogP contribution in [-0.4, -0.2) is 101 Å². The first-order chi connectivity index (χ1) is 27.5. The second-order valence-electron chi connectivity index (χ2n) is 20.9. The zero-order valence-corrected chi connectivity index (χ0v) is 38.1. The molecule has 2 bridgehead atoms. The molecule has 16 heteroatoms. The van der Waals surface area contributed by atoms with E-state index in [-0.39, 0.29) is 68.0 Å². The summed E-state index contributed by atoms with van der Waals surface area (Å²) in [5.74, 6) is 0.0211. The lowest BCUT2D eigenvalue weighted by atomic mass is 9.51. The molecular formula is C45H71BN2O13. The third-order valence-corrected chi connectivity index (χ3v) is 11.1. The highest BCUT2D eigenvalue weighted by atomic mass is 16.7. The van der Waals surface area contributed by atoms with E-state index >= 15 is 0 Å². The van der Waals surface area contributed by atoms with E-state index in [9.17, 15) is 24.0 Å². The summed E-state index contributed by atoms with van der Waals surface area (Å²) in [4.78, 5) is 67.8. The van der Waals surface area contributed by atoms with E-state index in [0.29, 0.717) is 36.1 Å². The Balaban J connectivity index is 0.00000819. The van der Waals surface area contributed by atoms with Gasteiger partial charge < -0.3 is 47.9 Å². The van der Waals surface area contributed by atoms with E-state index in [4.69, 9.17) is 37.7 Å². The highest BCUT2D eigenvalue weighted by molar-refractivity contribution is 6.45. The van der Waals surface area contributed by atoms with Crippen LogP contribution in [0.5, 0.6) is 11.5 Å². The minimum absolute atomic E-state index is 0. The van der Waals surface area contributed by atoms with Crippen molar-refractivity contribution in [2.45, 2.75) is 189 Å². The molecule has 2 aliphatic heterocycles. The number of esters is 2. The average molecular weight is 859 g/mol. The number of nitrogens with zero attached hydrogens (tertiary/aromatic N) is 1. The van der Waals surface area contributed by atoms with Gasteiger partial charge in [-0.2, -0.15) is 0 Å². The predicted octanol–water partition coefficient (Wildman–Crippen LogP) is 8.08. The van der Waals surface area contributed by atoms with Crippen molar-refractivity contribution >= 4 is 37.2 Å². The fraction of sp³-hybridized carbons (Fsp3) is 0.756. The summed E-state index contributed by atoms with van der Waals surface area (Å²) in [6.07, 6.45) is 0.469. The first kappa shape index (κ1) is 49.6. The van der Waals surface area contributed by atoms with Crippen LogP contribution in [0.15, 0.2) is 12.1 Å². The molecule has 1 N–H and O–H groups in total. The number of ether oxygens (including phenoxy) is 6. The number of nitrogens with one attached hydrogen (secondary N) is 1. The van der Waals surface area contributed by atoms with Crippen molar-refractivity contribution in [3.8, 4) is 11.5 Å². The SMILES string of the molecule is C.CC1[C@@H]2C[C@H]3OB(CCc4ccc(OC5CN(C(=O)CC[C@H](NC(=O)OC(C)(C)C)C(=O)OC(C)(C)C)C5)c(C(=O)OC(C)(C)C)c4OC(=O)OC(C)(C)C)O[C@@]3(C)[C@H]1C2. The van der Waals surface area contributed by atoms with Crippen molar-refractivity contribution in [1.29, 1.82) is 0 Å². The molecule has 6 atom stereocenters. The molecule has 2 saturated heterocycles. The highest BCUT2D eigenvalue weighted by Gasteiger charge is 2.63. The summed E-state index contributed by atoms with van der Waals surface area (Å²) in [6, 6.07) is 2.26. The summed E-state index contributed by atoms with van der Waals surface area (Å²) < 4.78 is 47.5. The van der Waals surface area contributed by atoms with Gasteiger partial charge in [-0.25, -0.2) is 19.2 Å². The molecule has 5 aliphatic rings. The summed E-state index contributed by atoms with van der Waals surface area (Å²) >= 11 is 0. The van der Waals surface area contributed by atoms with Gasteiger partial charge in [-0.3, -0.25) is 4.79 Å². The van der Waals surface area contributed by atoms with Gasteiger partial charge in [0.1, 0.15) is 45.9 Å². The van der Waals surface area contributed by atoms with Crippen LogP contribution in [0, 0.1) is 17.8 Å². The van der Waals surface area contributed by atoms with Crippen molar-refractivity contribution in [3.63, 3.8) is 0 Å². The third kappa shape index (κ3) is 13.0. The Kier molecular flexibility index (Phi) is 14.9. The van der Waals surface area contributed by atoms with E-state index in [1.165, 1.54) is 0 Å². The van der Waals surface area contributed by atoms with E-state index in [0.717, 1.165) is 12.8 Å². The molecule has 6 rings (SSSR count). The lowest BCUT2D eigenvalue weighted by molar-refractivity contribution is -0.157. The standard InChI is InChI=1S/C44H67BN2O13.CH4/c1-25-27-21-29(25)44(14)32(22-27)59-45(60-44)20-19-26-15-17-31(34(37(50)56-41(5,6)7)35(26)54-39(52)58-43(11,12)13)53-28-23-47(24-28)33(48)18-16-30(36(49)55-40(2,3)4)46-38(51)57-42(8,9)10;/h15,17,25,27-30,32H,16,18-24H2,1-14H3,(H,46,51);1H4/t25?,27-,29-,30-,32+,44-;/m0./s1. The van der Waals surface area contributed by atoms with E-state index < -0.39 is 65.9 Å². The number of carbonyl (C=O) groups is 5. The number of alkyl carbamates (subject to hydrolysis) is 1. The number of rotatable bonds is 12. The Bertz CT molecular complexity index is 1790. The molecule has 5 fully saturated rings. The molecule has 2 amide bonds. The van der Waals surface area contributed by atoms with Gasteiger partial charge in [0, 0.05) is 6.42 Å². The van der Waals surface area contributed by atoms with Crippen molar-refractivity contribution in [2.75, 3.05) is 13.1 Å². The Morgan fingerprint density at radius 2 is 1.48 bits per heavy atom. The summed E-state index contributed by atoms with van der Waals surface area (Å²) in [6.45, 7) is 25.3. The Morgan fingerprint density at radius 3 is 2.05 bits per heavy atom. The molecule has 342 valence electrons. The summed E-state index contributed by atoms with van der Waals surface area (Å²) in [5, 5.41) is 2.55. The van der Waals surface area contributed by atoms with Gasteiger partial charge in [-0.1, -0.05) is 20.4 Å². The van der Waals surface area contributed by atoms with Crippen molar-refractivity contribution in [1.82, 2.24) is 10.2 Å². The van der Waals surface area contributed by atoms with Crippen molar-refractivity contribution in [2.24, 2.45) is 17.8 Å². The van der Waals surface area contributed by atoms with Crippen molar-refractivity contribution < 1.29 is 61.7 Å². The predicted molar refractivity (Wildman–Crippen MR) is 228 cm³/mol. The second kappa shape index (κ2) is 18.4. The second-order valence-corrected chi connectivity index (χ2v) is 20.9. The average Bonchev–Trinajstić information content (AvgIpc) is 3.40. The number of carbonyl (C=O) groups excluding carboxylic acids is 5. The van der Waals surface area contributed by atoms with Gasteiger partial charge >= 0.3 is 31.3 Å². The fourth-order valence-corrected chi connectivity index (χ4v) is 8.24. The molecule has 3 aliphatic carbocycles. The molecule has 0 aromatic heterocycles.